The minimum absolute atomic E-state index is 0.538. The van der Waals surface area contributed by atoms with Crippen LogP contribution < -0.4 is 0 Å². The van der Waals surface area contributed by atoms with Crippen molar-refractivity contribution in [2.24, 2.45) is 0 Å². The minimum atomic E-state index is 0.538. The zero-order valence-corrected chi connectivity index (χ0v) is 10.1. The molecule has 0 amide bonds. The second-order valence-electron chi connectivity index (χ2n) is 4.29. The van der Waals surface area contributed by atoms with E-state index >= 15 is 0 Å². The van der Waals surface area contributed by atoms with Crippen molar-refractivity contribution in [2.45, 2.75) is 19.8 Å². The maximum atomic E-state index is 10.0. The van der Waals surface area contributed by atoms with Gasteiger partial charge >= 0.3 is 0 Å². The Morgan fingerprint density at radius 3 is 3.06 bits per heavy atom. The van der Waals surface area contributed by atoms with E-state index in [1.54, 1.807) is 0 Å². The Morgan fingerprint density at radius 2 is 2.19 bits per heavy atom. The third-order valence-electron chi connectivity index (χ3n) is 3.11. The lowest BCUT2D eigenvalue weighted by Crippen LogP contribution is -1.94. The van der Waals surface area contributed by atoms with E-state index in [2.05, 4.69) is 37.3 Å². The highest BCUT2D eigenvalue weighted by molar-refractivity contribution is 7.39. The summed E-state index contributed by atoms with van der Waals surface area (Å²) in [6.07, 6.45) is 6.36. The molecule has 1 heterocycles. The number of rotatable bonds is 0. The fraction of sp³-hybridized carbons (Fsp3) is 0.214. The molecule has 2 heteroatoms. The number of allylic oxidation sites excluding steroid dienone is 1. The van der Waals surface area contributed by atoms with Gasteiger partial charge in [-0.25, -0.2) is 0 Å². The second kappa shape index (κ2) is 3.61. The molecule has 1 nitrogen and oxygen atoms in total. The molecule has 1 aliphatic rings. The molecule has 16 heavy (non-hydrogen) atoms. The van der Waals surface area contributed by atoms with Crippen molar-refractivity contribution in [2.75, 3.05) is 0 Å². The first kappa shape index (κ1) is 9.86. The van der Waals surface area contributed by atoms with E-state index in [0.717, 1.165) is 26.6 Å². The molecule has 0 saturated carbocycles. The number of aromatic hydroxyl groups is 1. The SMILES string of the molecule is Cc1ccc2pc(O)c3c(c2c1)C=CCC3. The van der Waals surface area contributed by atoms with E-state index < -0.39 is 0 Å². The standard InChI is InChI=1S/C14H13OP/c1-9-6-7-13-12(8-9)10-4-2-3-5-11(10)14(15)16-13/h2,4,6-8,15H,3,5H2,1H3. The zero-order valence-electron chi connectivity index (χ0n) is 9.20. The Bertz CT molecular complexity index is 599. The third kappa shape index (κ3) is 1.44. The molecule has 0 fully saturated rings. The smallest absolute Gasteiger partial charge is 0.146 e. The predicted molar refractivity (Wildman–Crippen MR) is 70.2 cm³/mol. The van der Waals surface area contributed by atoms with Crippen molar-refractivity contribution >= 4 is 24.8 Å². The lowest BCUT2D eigenvalue weighted by atomic mass is 9.96. The summed E-state index contributed by atoms with van der Waals surface area (Å²) in [6, 6.07) is 6.45. The molecule has 3 rings (SSSR count). The molecule has 0 saturated heterocycles. The van der Waals surface area contributed by atoms with Crippen LogP contribution in [0.15, 0.2) is 24.3 Å². The molecular weight excluding hydrogens is 215 g/mol. The van der Waals surface area contributed by atoms with Gasteiger partial charge in [-0.15, -0.1) is 0 Å². The van der Waals surface area contributed by atoms with Gasteiger partial charge in [-0.2, -0.15) is 0 Å². The average molecular weight is 228 g/mol. The van der Waals surface area contributed by atoms with Gasteiger partial charge in [-0.3, -0.25) is 0 Å². The van der Waals surface area contributed by atoms with Crippen LogP contribution in [-0.4, -0.2) is 5.11 Å². The van der Waals surface area contributed by atoms with E-state index in [4.69, 9.17) is 0 Å². The number of fused-ring (bicyclic) bond motifs is 3. The summed E-state index contributed by atoms with van der Waals surface area (Å²) in [7, 11) is 0.960. The van der Waals surface area contributed by atoms with Gasteiger partial charge in [0.2, 0.25) is 0 Å². The van der Waals surface area contributed by atoms with Crippen molar-refractivity contribution < 1.29 is 5.11 Å². The monoisotopic (exact) mass is 228 g/mol. The Labute approximate surface area is 96.5 Å². The highest BCUT2D eigenvalue weighted by Crippen LogP contribution is 2.42. The Morgan fingerprint density at radius 1 is 1.31 bits per heavy atom. The Kier molecular flexibility index (Phi) is 2.22. The average Bonchev–Trinajstić information content (AvgIpc) is 2.31. The van der Waals surface area contributed by atoms with Crippen LogP contribution >= 0.6 is 8.19 Å². The summed E-state index contributed by atoms with van der Waals surface area (Å²) < 4.78 is 0. The van der Waals surface area contributed by atoms with Crippen LogP contribution in [0.5, 0.6) is 5.48 Å². The molecule has 0 spiro atoms. The molecule has 1 aromatic heterocycles. The second-order valence-corrected chi connectivity index (χ2v) is 5.42. The van der Waals surface area contributed by atoms with Crippen LogP contribution in [0.1, 0.15) is 23.1 Å². The minimum Gasteiger partial charge on any atom is -0.503 e. The van der Waals surface area contributed by atoms with Crippen molar-refractivity contribution in [1.82, 2.24) is 0 Å². The first-order valence-corrected chi connectivity index (χ1v) is 6.44. The van der Waals surface area contributed by atoms with Crippen LogP contribution in [0.25, 0.3) is 16.6 Å². The summed E-state index contributed by atoms with van der Waals surface area (Å²) >= 11 is 0. The van der Waals surface area contributed by atoms with E-state index in [0.29, 0.717) is 5.48 Å². The van der Waals surface area contributed by atoms with Crippen LogP contribution in [0.2, 0.25) is 0 Å². The molecular formula is C14H13OP. The van der Waals surface area contributed by atoms with Crippen LogP contribution in [0, 0.1) is 6.92 Å². The van der Waals surface area contributed by atoms with Gasteiger partial charge in [0, 0.05) is 10.7 Å². The van der Waals surface area contributed by atoms with Crippen LogP contribution in [0.4, 0.5) is 0 Å². The number of hydrogen-bond donors (Lipinski definition) is 1. The highest BCUT2D eigenvalue weighted by atomic mass is 31.0. The highest BCUT2D eigenvalue weighted by Gasteiger charge is 2.13. The lowest BCUT2D eigenvalue weighted by Gasteiger charge is -2.15. The molecule has 80 valence electrons. The van der Waals surface area contributed by atoms with Crippen molar-refractivity contribution in [3.63, 3.8) is 0 Å². The quantitative estimate of drug-likeness (QED) is 0.708. The van der Waals surface area contributed by atoms with E-state index in [1.807, 2.05) is 0 Å². The normalized spacial score (nSPS) is 14.6. The van der Waals surface area contributed by atoms with Crippen LogP contribution in [0.3, 0.4) is 0 Å². The molecule has 0 radical (unpaired) electrons. The molecule has 0 bridgehead atoms. The van der Waals surface area contributed by atoms with Gasteiger partial charge in [-0.05, 0) is 45.0 Å². The van der Waals surface area contributed by atoms with Crippen molar-refractivity contribution in [1.29, 1.82) is 0 Å². The van der Waals surface area contributed by atoms with E-state index in [9.17, 15) is 5.11 Å². The van der Waals surface area contributed by atoms with Gasteiger partial charge in [0.05, 0.1) is 0 Å². The largest absolute Gasteiger partial charge is 0.503 e. The topological polar surface area (TPSA) is 20.2 Å². The summed E-state index contributed by atoms with van der Waals surface area (Å²) in [4.78, 5) is 0. The van der Waals surface area contributed by atoms with E-state index in [-0.39, 0.29) is 0 Å². The summed E-state index contributed by atoms with van der Waals surface area (Å²) in [5.41, 5.74) is 4.18. The van der Waals surface area contributed by atoms with Gasteiger partial charge in [-0.1, -0.05) is 29.8 Å². The van der Waals surface area contributed by atoms with Gasteiger partial charge in [0.25, 0.3) is 0 Å². The fourth-order valence-corrected chi connectivity index (χ4v) is 3.34. The molecule has 0 atom stereocenters. The summed E-state index contributed by atoms with van der Waals surface area (Å²) in [5.74, 6) is 0. The van der Waals surface area contributed by atoms with Gasteiger partial charge < -0.3 is 5.11 Å². The number of aryl methyl sites for hydroxylation is 1. The number of benzene rings is 1. The zero-order chi connectivity index (χ0) is 11.1. The first-order chi connectivity index (χ1) is 7.75. The molecule has 2 aromatic rings. The van der Waals surface area contributed by atoms with Gasteiger partial charge in [0.15, 0.2) is 0 Å². The van der Waals surface area contributed by atoms with Crippen molar-refractivity contribution in [3.8, 4) is 5.48 Å². The van der Waals surface area contributed by atoms with Crippen molar-refractivity contribution in [3.05, 3.63) is 41.0 Å². The van der Waals surface area contributed by atoms with Crippen LogP contribution in [-0.2, 0) is 6.42 Å². The van der Waals surface area contributed by atoms with Gasteiger partial charge in [0.1, 0.15) is 5.48 Å². The molecule has 0 unspecified atom stereocenters. The molecule has 1 N–H and O–H groups in total. The van der Waals surface area contributed by atoms with E-state index in [1.165, 1.54) is 21.6 Å². The molecule has 0 aliphatic heterocycles. The third-order valence-corrected chi connectivity index (χ3v) is 4.22. The predicted octanol–water partition coefficient (Wildman–Crippen LogP) is 4.39. The maximum absolute atomic E-state index is 10.0. The fourth-order valence-electron chi connectivity index (χ4n) is 2.29. The summed E-state index contributed by atoms with van der Waals surface area (Å²) in [6.45, 7) is 2.11. The Balaban J connectivity index is 2.45. The first-order valence-electron chi connectivity index (χ1n) is 5.54. The maximum Gasteiger partial charge on any atom is 0.146 e. The Hall–Kier alpha value is -1.33. The summed E-state index contributed by atoms with van der Waals surface area (Å²) in [5, 5.41) is 12.5. The molecule has 1 aliphatic carbocycles. The molecule has 1 aromatic carbocycles. The lowest BCUT2D eigenvalue weighted by molar-refractivity contribution is 0.483. The number of hydrogen-bond acceptors (Lipinski definition) is 1.